The minimum atomic E-state index is -0.532. The van der Waals surface area contributed by atoms with E-state index in [0.29, 0.717) is 61.8 Å². The Hall–Kier alpha value is -4.40. The lowest BCUT2D eigenvalue weighted by molar-refractivity contribution is 0.0738. The number of hydrogen-bond acceptors (Lipinski definition) is 5. The summed E-state index contributed by atoms with van der Waals surface area (Å²) in [5.74, 6) is -0.673. The van der Waals surface area contributed by atoms with E-state index < -0.39 is 5.82 Å². The minimum Gasteiger partial charge on any atom is -0.497 e. The van der Waals surface area contributed by atoms with Gasteiger partial charge >= 0.3 is 0 Å². The lowest BCUT2D eigenvalue weighted by Crippen LogP contribution is -2.49. The van der Waals surface area contributed by atoms with E-state index in [-0.39, 0.29) is 23.3 Å². The van der Waals surface area contributed by atoms with Crippen LogP contribution in [0.4, 0.5) is 15.8 Å². The Bertz CT molecular complexity index is 1380. The molecule has 9 heteroatoms. The maximum Gasteiger partial charge on any atom is 0.256 e. The average Bonchev–Trinajstić information content (AvgIpc) is 3.52. The van der Waals surface area contributed by atoms with Crippen molar-refractivity contribution in [3.05, 3.63) is 89.2 Å². The average molecular weight is 531 g/mol. The van der Waals surface area contributed by atoms with Gasteiger partial charge in [0.25, 0.3) is 17.7 Å². The first-order chi connectivity index (χ1) is 18.9. The highest BCUT2D eigenvalue weighted by Gasteiger charge is 2.28. The Morgan fingerprint density at radius 1 is 0.769 bits per heavy atom. The number of nitrogens with one attached hydrogen (secondary N) is 1. The van der Waals surface area contributed by atoms with E-state index in [0.717, 1.165) is 18.5 Å². The molecule has 2 aliphatic heterocycles. The summed E-state index contributed by atoms with van der Waals surface area (Å²) in [4.78, 5) is 44.9. The molecule has 0 saturated carbocycles. The Morgan fingerprint density at radius 3 is 2.18 bits per heavy atom. The van der Waals surface area contributed by atoms with Gasteiger partial charge < -0.3 is 24.8 Å². The van der Waals surface area contributed by atoms with Gasteiger partial charge in [0.2, 0.25) is 0 Å². The van der Waals surface area contributed by atoms with E-state index in [1.54, 1.807) is 60.5 Å². The first-order valence-electron chi connectivity index (χ1n) is 13.1. The van der Waals surface area contributed by atoms with Crippen LogP contribution in [0.25, 0.3) is 0 Å². The fourth-order valence-corrected chi connectivity index (χ4v) is 5.07. The van der Waals surface area contributed by atoms with Gasteiger partial charge in [0.05, 0.1) is 18.2 Å². The molecule has 3 aromatic carbocycles. The summed E-state index contributed by atoms with van der Waals surface area (Å²) in [7, 11) is 1.54. The second kappa shape index (κ2) is 11.6. The Balaban J connectivity index is 1.35. The summed E-state index contributed by atoms with van der Waals surface area (Å²) in [6, 6.07) is 18.2. The van der Waals surface area contributed by atoms with Crippen molar-refractivity contribution in [2.24, 2.45) is 0 Å². The van der Waals surface area contributed by atoms with Crippen LogP contribution < -0.4 is 15.0 Å². The third-order valence-electron chi connectivity index (χ3n) is 7.22. The molecule has 5 rings (SSSR count). The predicted molar refractivity (Wildman–Crippen MR) is 147 cm³/mol. The molecular weight excluding hydrogens is 499 g/mol. The number of methoxy groups -OCH3 is 1. The van der Waals surface area contributed by atoms with Gasteiger partial charge in [-0.25, -0.2) is 4.39 Å². The van der Waals surface area contributed by atoms with E-state index in [1.807, 2.05) is 11.0 Å². The lowest BCUT2D eigenvalue weighted by atomic mass is 10.1. The van der Waals surface area contributed by atoms with Crippen molar-refractivity contribution in [2.75, 3.05) is 56.6 Å². The number of nitrogens with zero attached hydrogens (tertiary/aromatic N) is 3. The van der Waals surface area contributed by atoms with Crippen LogP contribution in [0.1, 0.15) is 43.9 Å². The molecule has 0 radical (unpaired) electrons. The fourth-order valence-electron chi connectivity index (χ4n) is 5.07. The molecule has 0 aliphatic carbocycles. The Kier molecular flexibility index (Phi) is 7.76. The molecule has 1 N–H and O–H groups in total. The third-order valence-corrected chi connectivity index (χ3v) is 7.22. The topological polar surface area (TPSA) is 82.2 Å². The Morgan fingerprint density at radius 2 is 1.46 bits per heavy atom. The number of likely N-dealkylation sites (tertiary alicyclic amines) is 1. The van der Waals surface area contributed by atoms with Crippen LogP contribution in [-0.4, -0.2) is 73.9 Å². The van der Waals surface area contributed by atoms with E-state index in [9.17, 15) is 18.8 Å². The molecule has 39 heavy (non-hydrogen) atoms. The standard InChI is InChI=1S/C30H31FN4O4/c1-39-23-8-6-7-21(19-23)28(36)32-22-11-12-27(25(20-22)30(38)34-13-4-5-14-34)33-15-17-35(18-16-33)29(37)24-9-2-3-10-26(24)31/h2-3,6-12,19-20H,4-5,13-18H2,1H3,(H,32,36). The number of piperazine rings is 1. The van der Waals surface area contributed by atoms with Gasteiger partial charge in [-0.15, -0.1) is 0 Å². The molecule has 8 nitrogen and oxygen atoms in total. The van der Waals surface area contributed by atoms with Gasteiger partial charge in [0.1, 0.15) is 11.6 Å². The first kappa shape index (κ1) is 26.2. The monoisotopic (exact) mass is 530 g/mol. The lowest BCUT2D eigenvalue weighted by Gasteiger charge is -2.37. The second-order valence-corrected chi connectivity index (χ2v) is 9.68. The molecule has 0 aromatic heterocycles. The highest BCUT2D eigenvalue weighted by Crippen LogP contribution is 2.29. The van der Waals surface area contributed by atoms with E-state index in [4.69, 9.17) is 4.74 Å². The summed E-state index contributed by atoms with van der Waals surface area (Å²) in [6.07, 6.45) is 1.92. The number of amides is 3. The largest absolute Gasteiger partial charge is 0.497 e. The van der Waals surface area contributed by atoms with Crippen molar-refractivity contribution in [3.63, 3.8) is 0 Å². The van der Waals surface area contributed by atoms with Crippen molar-refractivity contribution >= 4 is 29.1 Å². The number of rotatable bonds is 6. The van der Waals surface area contributed by atoms with Gasteiger partial charge in [-0.3, -0.25) is 14.4 Å². The molecule has 2 heterocycles. The normalized spacial score (nSPS) is 15.3. The molecule has 3 aromatic rings. The van der Waals surface area contributed by atoms with E-state index >= 15 is 0 Å². The summed E-state index contributed by atoms with van der Waals surface area (Å²) in [5, 5.41) is 2.90. The summed E-state index contributed by atoms with van der Waals surface area (Å²) in [5.41, 5.74) is 2.29. The van der Waals surface area contributed by atoms with Crippen molar-refractivity contribution in [1.29, 1.82) is 0 Å². The molecule has 0 bridgehead atoms. The summed E-state index contributed by atoms with van der Waals surface area (Å²) in [6.45, 7) is 3.19. The maximum atomic E-state index is 14.2. The van der Waals surface area contributed by atoms with Crippen LogP contribution >= 0.6 is 0 Å². The molecule has 3 amide bonds. The van der Waals surface area contributed by atoms with Crippen LogP contribution in [0.3, 0.4) is 0 Å². The number of carbonyl (C=O) groups is 3. The highest BCUT2D eigenvalue weighted by molar-refractivity contribution is 6.06. The predicted octanol–water partition coefficient (Wildman–Crippen LogP) is 4.29. The molecular formula is C30H31FN4O4. The number of carbonyl (C=O) groups excluding carboxylic acids is 3. The molecule has 2 saturated heterocycles. The number of halogens is 1. The maximum absolute atomic E-state index is 14.2. The van der Waals surface area contributed by atoms with Crippen LogP contribution in [0.5, 0.6) is 5.75 Å². The van der Waals surface area contributed by atoms with E-state index in [1.165, 1.54) is 12.1 Å². The van der Waals surface area contributed by atoms with Crippen LogP contribution in [0.15, 0.2) is 66.7 Å². The highest BCUT2D eigenvalue weighted by atomic mass is 19.1. The zero-order valence-electron chi connectivity index (χ0n) is 21.9. The van der Waals surface area contributed by atoms with Crippen molar-refractivity contribution in [3.8, 4) is 5.75 Å². The molecule has 202 valence electrons. The molecule has 0 unspecified atom stereocenters. The zero-order valence-corrected chi connectivity index (χ0v) is 21.9. The quantitative estimate of drug-likeness (QED) is 0.515. The fraction of sp³-hybridized carbons (Fsp3) is 0.300. The Labute approximate surface area is 227 Å². The SMILES string of the molecule is COc1cccc(C(=O)Nc2ccc(N3CCN(C(=O)c4ccccc4F)CC3)c(C(=O)N3CCCC3)c2)c1. The van der Waals surface area contributed by atoms with Crippen molar-refractivity contribution < 1.29 is 23.5 Å². The smallest absolute Gasteiger partial charge is 0.256 e. The number of ether oxygens (including phenoxy) is 1. The molecule has 0 spiro atoms. The van der Waals surface area contributed by atoms with Crippen LogP contribution in [0.2, 0.25) is 0 Å². The number of benzene rings is 3. The van der Waals surface area contributed by atoms with Gasteiger partial charge in [0, 0.05) is 56.2 Å². The number of hydrogen-bond donors (Lipinski definition) is 1. The summed E-state index contributed by atoms with van der Waals surface area (Å²) < 4.78 is 19.4. The van der Waals surface area contributed by atoms with E-state index in [2.05, 4.69) is 10.2 Å². The van der Waals surface area contributed by atoms with Gasteiger partial charge in [-0.1, -0.05) is 18.2 Å². The number of anilines is 2. The van der Waals surface area contributed by atoms with Crippen LogP contribution in [-0.2, 0) is 0 Å². The van der Waals surface area contributed by atoms with Crippen molar-refractivity contribution in [1.82, 2.24) is 9.80 Å². The minimum absolute atomic E-state index is 0.0620. The molecule has 2 aliphatic rings. The third kappa shape index (κ3) is 5.72. The molecule has 2 fully saturated rings. The van der Waals surface area contributed by atoms with Gasteiger partial charge in [-0.2, -0.15) is 0 Å². The van der Waals surface area contributed by atoms with Gasteiger partial charge in [0.15, 0.2) is 0 Å². The zero-order chi connectivity index (χ0) is 27.4. The molecule has 0 atom stereocenters. The van der Waals surface area contributed by atoms with Crippen LogP contribution in [0, 0.1) is 5.82 Å². The van der Waals surface area contributed by atoms with Gasteiger partial charge in [-0.05, 0) is 61.4 Å². The summed E-state index contributed by atoms with van der Waals surface area (Å²) >= 11 is 0. The first-order valence-corrected chi connectivity index (χ1v) is 13.1. The van der Waals surface area contributed by atoms with Crippen molar-refractivity contribution in [2.45, 2.75) is 12.8 Å². The second-order valence-electron chi connectivity index (χ2n) is 9.68.